The molecule has 0 aliphatic rings. The average molecular weight is 291 g/mol. The highest BCUT2D eigenvalue weighted by Gasteiger charge is 2.14. The molecule has 0 spiro atoms. The lowest BCUT2D eigenvalue weighted by atomic mass is 10.1. The number of hydrogen-bond acceptors (Lipinski definition) is 4. The smallest absolute Gasteiger partial charge is 0.137 e. The lowest BCUT2D eigenvalue weighted by Crippen LogP contribution is -1.99. The van der Waals surface area contributed by atoms with Crippen LogP contribution in [-0.2, 0) is 0 Å². The van der Waals surface area contributed by atoms with Crippen LogP contribution < -0.4 is 4.74 Å². The fourth-order valence-electron chi connectivity index (χ4n) is 2.55. The van der Waals surface area contributed by atoms with E-state index in [1.807, 2.05) is 42.6 Å². The van der Waals surface area contributed by atoms with Gasteiger partial charge in [-0.1, -0.05) is 0 Å². The van der Waals surface area contributed by atoms with Gasteiger partial charge in [-0.15, -0.1) is 0 Å². The van der Waals surface area contributed by atoms with Crippen LogP contribution in [0.5, 0.6) is 5.75 Å². The van der Waals surface area contributed by atoms with E-state index in [1.54, 1.807) is 30.4 Å². The first kappa shape index (κ1) is 12.6. The van der Waals surface area contributed by atoms with Gasteiger partial charge in [0.2, 0.25) is 0 Å². The zero-order valence-electron chi connectivity index (χ0n) is 11.9. The van der Waals surface area contributed by atoms with Crippen molar-refractivity contribution in [2.75, 3.05) is 7.11 Å². The molecule has 4 aromatic rings. The first-order chi connectivity index (χ1) is 10.9. The summed E-state index contributed by atoms with van der Waals surface area (Å²) < 4.78 is 12.6. The topological polar surface area (TPSA) is 53.1 Å². The molecule has 4 rings (SSSR count). The summed E-state index contributed by atoms with van der Waals surface area (Å²) in [5.41, 5.74) is 3.55. The van der Waals surface area contributed by atoms with E-state index in [0.29, 0.717) is 0 Å². The summed E-state index contributed by atoms with van der Waals surface area (Å²) in [5.74, 6) is 0.772. The summed E-state index contributed by atoms with van der Waals surface area (Å²) >= 11 is 0. The minimum absolute atomic E-state index is 0.772. The zero-order valence-corrected chi connectivity index (χ0v) is 11.9. The molecule has 0 aliphatic heterocycles. The van der Waals surface area contributed by atoms with Crippen LogP contribution in [0, 0.1) is 0 Å². The maximum Gasteiger partial charge on any atom is 0.137 e. The molecule has 0 saturated carbocycles. The summed E-state index contributed by atoms with van der Waals surface area (Å²) in [4.78, 5) is 4.53. The first-order valence-electron chi connectivity index (χ1n) is 6.87. The summed E-state index contributed by atoms with van der Waals surface area (Å²) in [5, 5.41) is 5.30. The van der Waals surface area contributed by atoms with Gasteiger partial charge in [0.15, 0.2) is 0 Å². The lowest BCUT2D eigenvalue weighted by Gasteiger charge is -2.11. The van der Waals surface area contributed by atoms with E-state index in [4.69, 9.17) is 9.15 Å². The minimum Gasteiger partial charge on any atom is -0.497 e. The van der Waals surface area contributed by atoms with Crippen molar-refractivity contribution in [3.8, 4) is 22.7 Å². The summed E-state index contributed by atoms with van der Waals surface area (Å²) in [6.45, 7) is 0. The van der Waals surface area contributed by atoms with Crippen LogP contribution in [0.15, 0.2) is 65.7 Å². The average Bonchev–Trinajstić information content (AvgIpc) is 3.25. The molecule has 5 nitrogen and oxygen atoms in total. The van der Waals surface area contributed by atoms with E-state index >= 15 is 0 Å². The Balaban J connectivity index is 2.01. The number of pyridine rings is 1. The monoisotopic (exact) mass is 291 g/mol. The summed E-state index contributed by atoms with van der Waals surface area (Å²) in [6, 6.07) is 11.5. The molecule has 0 bridgehead atoms. The van der Waals surface area contributed by atoms with Crippen molar-refractivity contribution in [2.24, 2.45) is 0 Å². The van der Waals surface area contributed by atoms with E-state index in [0.717, 1.165) is 33.7 Å². The van der Waals surface area contributed by atoms with Crippen molar-refractivity contribution < 1.29 is 9.15 Å². The van der Waals surface area contributed by atoms with Crippen molar-refractivity contribution in [3.05, 3.63) is 61.3 Å². The molecule has 0 saturated heterocycles. The van der Waals surface area contributed by atoms with Gasteiger partial charge in [-0.05, 0) is 30.3 Å². The number of hydrogen-bond donors (Lipinski definition) is 0. The van der Waals surface area contributed by atoms with Crippen LogP contribution in [0.4, 0.5) is 0 Å². The van der Waals surface area contributed by atoms with Crippen LogP contribution in [0.25, 0.3) is 27.9 Å². The highest BCUT2D eigenvalue weighted by Crippen LogP contribution is 2.33. The number of furan rings is 1. The standard InChI is InChI=1S/C17H13N3O2/c1-21-12-3-4-13(15(11-12)20-9-2-7-19-20)17-14-6-10-22-16(14)5-8-18-17/h2-11H,1H3. The quantitative estimate of drug-likeness (QED) is 0.577. The van der Waals surface area contributed by atoms with Crippen molar-refractivity contribution in [1.82, 2.24) is 14.8 Å². The number of methoxy groups -OCH3 is 1. The van der Waals surface area contributed by atoms with E-state index in [9.17, 15) is 0 Å². The Morgan fingerprint density at radius 3 is 2.91 bits per heavy atom. The number of aromatic nitrogens is 3. The van der Waals surface area contributed by atoms with Crippen LogP contribution in [0.1, 0.15) is 0 Å². The molecule has 108 valence electrons. The number of fused-ring (bicyclic) bond motifs is 1. The second-order valence-electron chi connectivity index (χ2n) is 4.83. The van der Waals surface area contributed by atoms with Gasteiger partial charge in [0, 0.05) is 35.6 Å². The minimum atomic E-state index is 0.772. The molecule has 5 heteroatoms. The van der Waals surface area contributed by atoms with Crippen molar-refractivity contribution in [1.29, 1.82) is 0 Å². The van der Waals surface area contributed by atoms with E-state index < -0.39 is 0 Å². The second kappa shape index (κ2) is 5.04. The predicted octanol–water partition coefficient (Wildman–Crippen LogP) is 3.69. The second-order valence-corrected chi connectivity index (χ2v) is 4.83. The van der Waals surface area contributed by atoms with Gasteiger partial charge >= 0.3 is 0 Å². The molecule has 0 atom stereocenters. The Labute approximate surface area is 126 Å². The highest BCUT2D eigenvalue weighted by atomic mass is 16.5. The van der Waals surface area contributed by atoms with Crippen LogP contribution in [-0.4, -0.2) is 21.9 Å². The van der Waals surface area contributed by atoms with Gasteiger partial charge in [0.05, 0.1) is 24.8 Å². The Bertz CT molecular complexity index is 926. The Morgan fingerprint density at radius 2 is 2.09 bits per heavy atom. The molecule has 3 aromatic heterocycles. The largest absolute Gasteiger partial charge is 0.497 e. The summed E-state index contributed by atoms with van der Waals surface area (Å²) in [6.07, 6.45) is 7.06. The molecule has 0 fully saturated rings. The van der Waals surface area contributed by atoms with Crippen LogP contribution in [0.3, 0.4) is 0 Å². The molecular weight excluding hydrogens is 278 g/mol. The van der Waals surface area contributed by atoms with Gasteiger partial charge in [0.25, 0.3) is 0 Å². The molecule has 1 aromatic carbocycles. The third-order valence-electron chi connectivity index (χ3n) is 3.59. The van der Waals surface area contributed by atoms with Gasteiger partial charge < -0.3 is 9.15 Å². The third-order valence-corrected chi connectivity index (χ3v) is 3.59. The molecule has 0 N–H and O–H groups in total. The van der Waals surface area contributed by atoms with Gasteiger partial charge in [-0.3, -0.25) is 4.98 Å². The van der Waals surface area contributed by atoms with Crippen molar-refractivity contribution >= 4 is 11.0 Å². The molecule has 0 radical (unpaired) electrons. The summed E-state index contributed by atoms with van der Waals surface area (Å²) in [7, 11) is 1.65. The maximum absolute atomic E-state index is 5.47. The Morgan fingerprint density at radius 1 is 1.14 bits per heavy atom. The zero-order chi connectivity index (χ0) is 14.9. The fraction of sp³-hybridized carbons (Fsp3) is 0.0588. The maximum atomic E-state index is 5.47. The number of benzene rings is 1. The Hall–Kier alpha value is -3.08. The fourth-order valence-corrected chi connectivity index (χ4v) is 2.55. The van der Waals surface area contributed by atoms with Crippen molar-refractivity contribution in [2.45, 2.75) is 0 Å². The van der Waals surface area contributed by atoms with Gasteiger partial charge in [-0.2, -0.15) is 5.10 Å². The molecule has 22 heavy (non-hydrogen) atoms. The molecule has 3 heterocycles. The normalized spacial score (nSPS) is 11.0. The third kappa shape index (κ3) is 1.95. The molecule has 0 amide bonds. The first-order valence-corrected chi connectivity index (χ1v) is 6.87. The predicted molar refractivity (Wildman–Crippen MR) is 83.1 cm³/mol. The van der Waals surface area contributed by atoms with Crippen LogP contribution in [0.2, 0.25) is 0 Å². The molecule has 0 unspecified atom stereocenters. The van der Waals surface area contributed by atoms with Crippen LogP contribution >= 0.6 is 0 Å². The highest BCUT2D eigenvalue weighted by molar-refractivity contribution is 5.93. The number of ether oxygens (including phenoxy) is 1. The Kier molecular flexibility index (Phi) is 2.89. The van der Waals surface area contributed by atoms with Gasteiger partial charge in [0.1, 0.15) is 11.3 Å². The SMILES string of the molecule is COc1ccc(-c2nccc3occc23)c(-n2cccn2)c1. The van der Waals surface area contributed by atoms with E-state index in [-0.39, 0.29) is 0 Å². The molecule has 0 aliphatic carbocycles. The van der Waals surface area contributed by atoms with E-state index in [1.165, 1.54) is 0 Å². The lowest BCUT2D eigenvalue weighted by molar-refractivity contribution is 0.414. The van der Waals surface area contributed by atoms with Gasteiger partial charge in [-0.25, -0.2) is 4.68 Å². The molecular formula is C17H13N3O2. The van der Waals surface area contributed by atoms with Crippen molar-refractivity contribution in [3.63, 3.8) is 0 Å². The van der Waals surface area contributed by atoms with E-state index in [2.05, 4.69) is 10.1 Å². The number of rotatable bonds is 3. The number of nitrogens with zero attached hydrogens (tertiary/aromatic N) is 3.